The van der Waals surface area contributed by atoms with Gasteiger partial charge in [-0.2, -0.15) is 0 Å². The molecule has 0 spiro atoms. The Morgan fingerprint density at radius 2 is 1.80 bits per heavy atom. The maximum Gasteiger partial charge on any atom is 0.00934 e. The van der Waals surface area contributed by atoms with Gasteiger partial charge in [0.15, 0.2) is 0 Å². The lowest BCUT2D eigenvalue weighted by Crippen LogP contribution is -2.41. The lowest BCUT2D eigenvalue weighted by Gasteiger charge is -2.35. The van der Waals surface area contributed by atoms with Gasteiger partial charge < -0.3 is 10.2 Å². The van der Waals surface area contributed by atoms with Crippen LogP contribution >= 0.6 is 0 Å². The summed E-state index contributed by atoms with van der Waals surface area (Å²) in [5.41, 5.74) is 1.46. The molecular formula is C18H30N2. The van der Waals surface area contributed by atoms with Crippen molar-refractivity contribution in [3.8, 4) is 0 Å². The first-order chi connectivity index (χ1) is 9.79. The molecule has 0 saturated heterocycles. The number of benzene rings is 1. The van der Waals surface area contributed by atoms with Gasteiger partial charge in [0, 0.05) is 18.6 Å². The molecule has 0 bridgehead atoms. The highest BCUT2D eigenvalue weighted by Gasteiger charge is 2.23. The lowest BCUT2D eigenvalue weighted by molar-refractivity contribution is 0.176. The molecule has 112 valence electrons. The van der Waals surface area contributed by atoms with E-state index in [2.05, 4.69) is 54.5 Å². The van der Waals surface area contributed by atoms with Crippen molar-refractivity contribution in [3.05, 3.63) is 35.9 Å². The van der Waals surface area contributed by atoms with Gasteiger partial charge in [-0.3, -0.25) is 0 Å². The average Bonchev–Trinajstić information content (AvgIpc) is 2.52. The number of hydrogen-bond acceptors (Lipinski definition) is 2. The molecule has 1 aromatic carbocycles. The van der Waals surface area contributed by atoms with Crippen LogP contribution in [-0.4, -0.2) is 37.1 Å². The van der Waals surface area contributed by atoms with Crippen LogP contribution in [0.25, 0.3) is 0 Å². The van der Waals surface area contributed by atoms with Gasteiger partial charge in [-0.1, -0.05) is 37.3 Å². The summed E-state index contributed by atoms with van der Waals surface area (Å²) in [5.74, 6) is 0. The molecule has 1 fully saturated rings. The zero-order chi connectivity index (χ0) is 14.2. The van der Waals surface area contributed by atoms with E-state index in [9.17, 15) is 0 Å². The van der Waals surface area contributed by atoms with Crippen LogP contribution in [-0.2, 0) is 6.42 Å². The third-order valence-electron chi connectivity index (χ3n) is 4.60. The largest absolute Gasteiger partial charge is 0.314 e. The first-order valence-electron chi connectivity index (χ1n) is 8.27. The summed E-state index contributed by atoms with van der Waals surface area (Å²) in [5, 5.41) is 3.67. The molecule has 0 aliphatic heterocycles. The standard InChI is InChI=1S/C18H30N2/c1-3-14-19-17-9-11-18(12-10-17)20(2)15-13-16-7-5-4-6-8-16/h4-8,17-19H,3,9-15H2,1-2H3. The number of nitrogens with zero attached hydrogens (tertiary/aromatic N) is 1. The van der Waals surface area contributed by atoms with Crippen molar-refractivity contribution in [2.24, 2.45) is 0 Å². The highest BCUT2D eigenvalue weighted by Crippen LogP contribution is 2.22. The van der Waals surface area contributed by atoms with Crippen LogP contribution in [0.15, 0.2) is 30.3 Å². The Kier molecular flexibility index (Phi) is 6.55. The molecule has 1 aliphatic rings. The molecule has 0 amide bonds. The molecule has 0 unspecified atom stereocenters. The Bertz CT molecular complexity index is 355. The molecule has 1 aliphatic carbocycles. The van der Waals surface area contributed by atoms with E-state index in [1.54, 1.807) is 0 Å². The Morgan fingerprint density at radius 3 is 2.45 bits per heavy atom. The predicted octanol–water partition coefficient (Wildman–Crippen LogP) is 3.47. The minimum Gasteiger partial charge on any atom is -0.314 e. The summed E-state index contributed by atoms with van der Waals surface area (Å²) >= 11 is 0. The summed E-state index contributed by atoms with van der Waals surface area (Å²) < 4.78 is 0. The number of hydrogen-bond donors (Lipinski definition) is 1. The van der Waals surface area contributed by atoms with Crippen LogP contribution in [0, 0.1) is 0 Å². The van der Waals surface area contributed by atoms with Gasteiger partial charge in [-0.25, -0.2) is 0 Å². The monoisotopic (exact) mass is 274 g/mol. The summed E-state index contributed by atoms with van der Waals surface area (Å²) in [4.78, 5) is 2.57. The first kappa shape index (κ1) is 15.5. The number of rotatable bonds is 7. The Hall–Kier alpha value is -0.860. The van der Waals surface area contributed by atoms with E-state index in [1.807, 2.05) is 0 Å². The Balaban J connectivity index is 1.68. The third-order valence-corrected chi connectivity index (χ3v) is 4.60. The van der Waals surface area contributed by atoms with Gasteiger partial charge in [0.05, 0.1) is 0 Å². The molecule has 0 heterocycles. The van der Waals surface area contributed by atoms with Crippen LogP contribution < -0.4 is 5.32 Å². The predicted molar refractivity (Wildman–Crippen MR) is 87.1 cm³/mol. The van der Waals surface area contributed by atoms with E-state index >= 15 is 0 Å². The van der Waals surface area contributed by atoms with Gasteiger partial charge in [0.1, 0.15) is 0 Å². The second kappa shape index (κ2) is 8.43. The molecule has 0 radical (unpaired) electrons. The maximum absolute atomic E-state index is 3.67. The van der Waals surface area contributed by atoms with E-state index in [4.69, 9.17) is 0 Å². The van der Waals surface area contributed by atoms with Crippen LogP contribution in [0.1, 0.15) is 44.6 Å². The fraction of sp³-hybridized carbons (Fsp3) is 0.667. The molecule has 1 N–H and O–H groups in total. The number of likely N-dealkylation sites (N-methyl/N-ethyl adjacent to an activating group) is 1. The minimum absolute atomic E-state index is 0.772. The highest BCUT2D eigenvalue weighted by atomic mass is 15.1. The molecular weight excluding hydrogens is 244 g/mol. The van der Waals surface area contributed by atoms with E-state index in [1.165, 1.54) is 57.2 Å². The summed E-state index contributed by atoms with van der Waals surface area (Å²) in [6.07, 6.45) is 7.82. The van der Waals surface area contributed by atoms with Crippen molar-refractivity contribution in [2.45, 2.75) is 57.5 Å². The van der Waals surface area contributed by atoms with Crippen molar-refractivity contribution < 1.29 is 0 Å². The molecule has 20 heavy (non-hydrogen) atoms. The van der Waals surface area contributed by atoms with Crippen molar-refractivity contribution in [1.82, 2.24) is 10.2 Å². The molecule has 1 saturated carbocycles. The van der Waals surface area contributed by atoms with Gasteiger partial charge >= 0.3 is 0 Å². The molecule has 2 heteroatoms. The van der Waals surface area contributed by atoms with Crippen molar-refractivity contribution in [1.29, 1.82) is 0 Å². The Labute approximate surface area is 124 Å². The summed E-state index contributed by atoms with van der Waals surface area (Å²) in [7, 11) is 2.30. The van der Waals surface area contributed by atoms with Gasteiger partial charge in [0.2, 0.25) is 0 Å². The highest BCUT2D eigenvalue weighted by molar-refractivity contribution is 5.14. The van der Waals surface area contributed by atoms with E-state index in [-0.39, 0.29) is 0 Å². The van der Waals surface area contributed by atoms with E-state index < -0.39 is 0 Å². The van der Waals surface area contributed by atoms with Crippen LogP contribution in [0.3, 0.4) is 0 Å². The smallest absolute Gasteiger partial charge is 0.00934 e. The second-order valence-corrected chi connectivity index (χ2v) is 6.18. The van der Waals surface area contributed by atoms with Crippen molar-refractivity contribution in [3.63, 3.8) is 0 Å². The number of nitrogens with one attached hydrogen (secondary N) is 1. The summed E-state index contributed by atoms with van der Waals surface area (Å²) in [6, 6.07) is 12.4. The topological polar surface area (TPSA) is 15.3 Å². The zero-order valence-electron chi connectivity index (χ0n) is 13.1. The minimum atomic E-state index is 0.772. The van der Waals surface area contributed by atoms with Crippen molar-refractivity contribution in [2.75, 3.05) is 20.1 Å². The van der Waals surface area contributed by atoms with Crippen LogP contribution in [0.4, 0.5) is 0 Å². The molecule has 2 nitrogen and oxygen atoms in total. The fourth-order valence-electron chi connectivity index (χ4n) is 3.20. The van der Waals surface area contributed by atoms with E-state index in [0.717, 1.165) is 12.1 Å². The maximum atomic E-state index is 3.67. The van der Waals surface area contributed by atoms with Crippen LogP contribution in [0.2, 0.25) is 0 Å². The summed E-state index contributed by atoms with van der Waals surface area (Å²) in [6.45, 7) is 4.61. The molecule has 0 aromatic heterocycles. The fourth-order valence-corrected chi connectivity index (χ4v) is 3.20. The van der Waals surface area contributed by atoms with E-state index in [0.29, 0.717) is 0 Å². The first-order valence-corrected chi connectivity index (χ1v) is 8.27. The molecule has 1 aromatic rings. The second-order valence-electron chi connectivity index (χ2n) is 6.18. The van der Waals surface area contributed by atoms with Gasteiger partial charge in [-0.15, -0.1) is 0 Å². The van der Waals surface area contributed by atoms with Gasteiger partial charge in [-0.05, 0) is 57.7 Å². The quantitative estimate of drug-likeness (QED) is 0.819. The zero-order valence-corrected chi connectivity index (χ0v) is 13.1. The van der Waals surface area contributed by atoms with Crippen LogP contribution in [0.5, 0.6) is 0 Å². The Morgan fingerprint density at radius 1 is 1.10 bits per heavy atom. The van der Waals surface area contributed by atoms with Gasteiger partial charge in [0.25, 0.3) is 0 Å². The third kappa shape index (κ3) is 4.92. The normalized spacial score (nSPS) is 23.1. The SMILES string of the molecule is CCCNC1CCC(N(C)CCc2ccccc2)CC1. The molecule has 2 rings (SSSR count). The molecule has 0 atom stereocenters. The van der Waals surface area contributed by atoms with Crippen molar-refractivity contribution >= 4 is 0 Å². The average molecular weight is 274 g/mol. The lowest BCUT2D eigenvalue weighted by atomic mass is 9.90.